The standard InChI is InChI=1S/C14H17BrFNO2/c15-12-6-5-11(16)9-13(12)19-10-14(18)17-7-3-1-2-4-8-17/h5-6,9H,1-4,7-8,10H2. The third-order valence-electron chi connectivity index (χ3n) is 3.20. The third kappa shape index (κ3) is 4.20. The van der Waals surface area contributed by atoms with Crippen LogP contribution in [0, 0.1) is 5.82 Å². The predicted molar refractivity (Wildman–Crippen MR) is 74.6 cm³/mol. The van der Waals surface area contributed by atoms with Crippen molar-refractivity contribution >= 4 is 21.8 Å². The molecule has 1 heterocycles. The Morgan fingerprint density at radius 2 is 1.95 bits per heavy atom. The van der Waals surface area contributed by atoms with Crippen LogP contribution < -0.4 is 4.74 Å². The molecule has 104 valence electrons. The summed E-state index contributed by atoms with van der Waals surface area (Å²) in [5.41, 5.74) is 0. The number of ether oxygens (including phenoxy) is 1. The minimum absolute atomic E-state index is 0.0296. The van der Waals surface area contributed by atoms with Crippen LogP contribution in [0.4, 0.5) is 4.39 Å². The molecule has 0 aliphatic carbocycles. The van der Waals surface area contributed by atoms with E-state index in [0.717, 1.165) is 25.9 Å². The monoisotopic (exact) mass is 329 g/mol. The third-order valence-corrected chi connectivity index (χ3v) is 3.86. The molecule has 19 heavy (non-hydrogen) atoms. The van der Waals surface area contributed by atoms with Crippen molar-refractivity contribution in [3.63, 3.8) is 0 Å². The zero-order valence-corrected chi connectivity index (χ0v) is 12.3. The Morgan fingerprint density at radius 3 is 2.63 bits per heavy atom. The van der Waals surface area contributed by atoms with Gasteiger partial charge in [0, 0.05) is 19.2 Å². The zero-order chi connectivity index (χ0) is 13.7. The van der Waals surface area contributed by atoms with E-state index in [1.807, 2.05) is 4.90 Å². The molecule has 0 atom stereocenters. The first kappa shape index (κ1) is 14.3. The molecule has 0 spiro atoms. The van der Waals surface area contributed by atoms with Gasteiger partial charge < -0.3 is 9.64 Å². The molecule has 2 rings (SSSR count). The fourth-order valence-corrected chi connectivity index (χ4v) is 2.50. The normalized spacial score (nSPS) is 16.0. The van der Waals surface area contributed by atoms with Crippen LogP contribution in [0.5, 0.6) is 5.75 Å². The Labute approximate surface area is 120 Å². The summed E-state index contributed by atoms with van der Waals surface area (Å²) in [5.74, 6) is -0.0401. The van der Waals surface area contributed by atoms with E-state index in [0.29, 0.717) is 10.2 Å². The van der Waals surface area contributed by atoms with Crippen molar-refractivity contribution in [2.75, 3.05) is 19.7 Å². The molecule has 0 unspecified atom stereocenters. The van der Waals surface area contributed by atoms with Crippen LogP contribution in [0.25, 0.3) is 0 Å². The van der Waals surface area contributed by atoms with Crippen LogP contribution in [0.3, 0.4) is 0 Å². The number of carbonyl (C=O) groups excluding carboxylic acids is 1. The maximum atomic E-state index is 13.1. The Balaban J connectivity index is 1.90. The lowest BCUT2D eigenvalue weighted by molar-refractivity contribution is -0.133. The van der Waals surface area contributed by atoms with Crippen LogP contribution in [-0.2, 0) is 4.79 Å². The lowest BCUT2D eigenvalue weighted by Crippen LogP contribution is -2.35. The maximum Gasteiger partial charge on any atom is 0.260 e. The van der Waals surface area contributed by atoms with Gasteiger partial charge in [-0.3, -0.25) is 4.79 Å². The molecular weight excluding hydrogens is 313 g/mol. The summed E-state index contributed by atoms with van der Waals surface area (Å²) in [5, 5.41) is 0. The molecule has 1 aliphatic rings. The Bertz CT molecular complexity index is 445. The van der Waals surface area contributed by atoms with Crippen LogP contribution >= 0.6 is 15.9 Å². The van der Waals surface area contributed by atoms with Gasteiger partial charge in [0.1, 0.15) is 11.6 Å². The van der Waals surface area contributed by atoms with Gasteiger partial charge in [-0.25, -0.2) is 4.39 Å². The highest BCUT2D eigenvalue weighted by Gasteiger charge is 2.16. The fraction of sp³-hybridized carbons (Fsp3) is 0.500. The van der Waals surface area contributed by atoms with Crippen molar-refractivity contribution in [3.05, 3.63) is 28.5 Å². The molecule has 0 N–H and O–H groups in total. The fourth-order valence-electron chi connectivity index (χ4n) is 2.14. The highest BCUT2D eigenvalue weighted by Crippen LogP contribution is 2.25. The van der Waals surface area contributed by atoms with Gasteiger partial charge in [0.15, 0.2) is 6.61 Å². The quantitative estimate of drug-likeness (QED) is 0.850. The average molecular weight is 330 g/mol. The summed E-state index contributed by atoms with van der Waals surface area (Å²) in [4.78, 5) is 13.8. The molecule has 0 bridgehead atoms. The van der Waals surface area contributed by atoms with Crippen molar-refractivity contribution in [2.24, 2.45) is 0 Å². The van der Waals surface area contributed by atoms with Gasteiger partial charge in [-0.15, -0.1) is 0 Å². The number of rotatable bonds is 3. The zero-order valence-electron chi connectivity index (χ0n) is 10.7. The van der Waals surface area contributed by atoms with Gasteiger partial charge in [-0.1, -0.05) is 12.8 Å². The lowest BCUT2D eigenvalue weighted by atomic mass is 10.2. The van der Waals surface area contributed by atoms with Gasteiger partial charge in [-0.2, -0.15) is 0 Å². The minimum atomic E-state index is -0.375. The van der Waals surface area contributed by atoms with Gasteiger partial charge in [0.2, 0.25) is 0 Å². The van der Waals surface area contributed by atoms with E-state index >= 15 is 0 Å². The smallest absolute Gasteiger partial charge is 0.260 e. The summed E-state index contributed by atoms with van der Waals surface area (Å²) in [7, 11) is 0. The number of likely N-dealkylation sites (tertiary alicyclic amines) is 1. The Hall–Kier alpha value is -1.10. The first-order chi connectivity index (χ1) is 9.16. The van der Waals surface area contributed by atoms with Gasteiger partial charge in [-0.05, 0) is 40.9 Å². The van der Waals surface area contributed by atoms with Gasteiger partial charge in [0.25, 0.3) is 5.91 Å². The molecule has 1 aromatic carbocycles. The number of nitrogens with zero attached hydrogens (tertiary/aromatic N) is 1. The second kappa shape index (κ2) is 6.89. The summed E-state index contributed by atoms with van der Waals surface area (Å²) < 4.78 is 19.1. The van der Waals surface area contributed by atoms with Crippen LogP contribution in [0.15, 0.2) is 22.7 Å². The van der Waals surface area contributed by atoms with E-state index in [9.17, 15) is 9.18 Å². The Morgan fingerprint density at radius 1 is 1.26 bits per heavy atom. The SMILES string of the molecule is O=C(COc1cc(F)ccc1Br)N1CCCCCC1. The van der Waals surface area contributed by atoms with E-state index < -0.39 is 0 Å². The van der Waals surface area contributed by atoms with E-state index in [2.05, 4.69) is 15.9 Å². The Kier molecular flexibility index (Phi) is 5.19. The van der Waals surface area contributed by atoms with Crippen LogP contribution in [0.2, 0.25) is 0 Å². The van der Waals surface area contributed by atoms with Crippen LogP contribution in [-0.4, -0.2) is 30.5 Å². The predicted octanol–water partition coefficient (Wildman–Crippen LogP) is 3.37. The van der Waals surface area contributed by atoms with Crippen LogP contribution in [0.1, 0.15) is 25.7 Å². The molecule has 0 aromatic heterocycles. The highest BCUT2D eigenvalue weighted by molar-refractivity contribution is 9.10. The molecule has 3 nitrogen and oxygen atoms in total. The summed E-state index contributed by atoms with van der Waals surface area (Å²) >= 11 is 3.27. The van der Waals surface area contributed by atoms with E-state index in [1.54, 1.807) is 6.07 Å². The molecule has 1 saturated heterocycles. The van der Waals surface area contributed by atoms with Gasteiger partial charge in [0.05, 0.1) is 4.47 Å². The molecule has 1 amide bonds. The number of carbonyl (C=O) groups is 1. The maximum absolute atomic E-state index is 13.1. The molecular formula is C14H17BrFNO2. The second-order valence-corrected chi connectivity index (χ2v) is 5.51. The first-order valence-corrected chi connectivity index (χ1v) is 7.32. The van der Waals surface area contributed by atoms with Crippen molar-refractivity contribution < 1.29 is 13.9 Å². The summed E-state index contributed by atoms with van der Waals surface area (Å²) in [6, 6.07) is 4.19. The summed E-state index contributed by atoms with van der Waals surface area (Å²) in [6.45, 7) is 1.56. The van der Waals surface area contributed by atoms with E-state index in [4.69, 9.17) is 4.74 Å². The molecule has 5 heteroatoms. The number of hydrogen-bond acceptors (Lipinski definition) is 2. The van der Waals surface area contributed by atoms with Gasteiger partial charge >= 0.3 is 0 Å². The number of benzene rings is 1. The number of amides is 1. The van der Waals surface area contributed by atoms with Crippen molar-refractivity contribution in [1.29, 1.82) is 0 Å². The molecule has 0 radical (unpaired) electrons. The lowest BCUT2D eigenvalue weighted by Gasteiger charge is -2.20. The first-order valence-electron chi connectivity index (χ1n) is 6.52. The summed E-state index contributed by atoms with van der Waals surface area (Å²) in [6.07, 6.45) is 4.46. The molecule has 1 fully saturated rings. The number of halogens is 2. The number of hydrogen-bond donors (Lipinski definition) is 0. The van der Waals surface area contributed by atoms with E-state index in [-0.39, 0.29) is 18.3 Å². The van der Waals surface area contributed by atoms with Crippen molar-refractivity contribution in [3.8, 4) is 5.75 Å². The highest BCUT2D eigenvalue weighted by atomic mass is 79.9. The van der Waals surface area contributed by atoms with Crippen molar-refractivity contribution in [2.45, 2.75) is 25.7 Å². The molecule has 1 aromatic rings. The molecule has 1 aliphatic heterocycles. The van der Waals surface area contributed by atoms with Crippen molar-refractivity contribution in [1.82, 2.24) is 4.90 Å². The average Bonchev–Trinajstić information content (AvgIpc) is 2.68. The van der Waals surface area contributed by atoms with E-state index in [1.165, 1.54) is 25.0 Å². The second-order valence-electron chi connectivity index (χ2n) is 4.66. The molecule has 0 saturated carbocycles. The minimum Gasteiger partial charge on any atom is -0.482 e. The largest absolute Gasteiger partial charge is 0.482 e. The topological polar surface area (TPSA) is 29.5 Å².